The maximum absolute atomic E-state index is 2.50. The molecule has 2 aliphatic rings. The van der Waals surface area contributed by atoms with Crippen LogP contribution in [0, 0.1) is 0 Å². The molecule has 1 atom stereocenters. The molecule has 37 heavy (non-hydrogen) atoms. The van der Waals surface area contributed by atoms with Crippen molar-refractivity contribution in [2.45, 2.75) is 6.04 Å². The van der Waals surface area contributed by atoms with E-state index >= 15 is 0 Å². The lowest BCUT2D eigenvalue weighted by molar-refractivity contribution is 0.999. The smallest absolute Gasteiger partial charge is 0.0786 e. The van der Waals surface area contributed by atoms with E-state index in [9.17, 15) is 0 Å². The predicted octanol–water partition coefficient (Wildman–Crippen LogP) is 8.92. The average molecular weight is 473 g/mol. The number of allylic oxidation sites excluding steroid dienone is 2. The number of hydrogen-bond donors (Lipinski definition) is 0. The monoisotopic (exact) mass is 472 g/mol. The van der Waals surface area contributed by atoms with E-state index in [0.717, 1.165) is 0 Å². The average Bonchev–Trinajstić information content (AvgIpc) is 3.65. The molecule has 2 nitrogen and oxygen atoms in total. The zero-order chi connectivity index (χ0) is 24.3. The zero-order valence-corrected chi connectivity index (χ0v) is 20.3. The molecule has 5 aromatic carbocycles. The van der Waals surface area contributed by atoms with Crippen LogP contribution < -0.4 is 4.90 Å². The van der Waals surface area contributed by atoms with Crippen LogP contribution in [0.15, 0.2) is 140 Å². The second-order valence-electron chi connectivity index (χ2n) is 9.78. The maximum atomic E-state index is 2.50. The highest BCUT2D eigenvalue weighted by Crippen LogP contribution is 2.51. The molecule has 0 bridgehead atoms. The molecule has 2 heteroatoms. The van der Waals surface area contributed by atoms with Gasteiger partial charge in [-0.05, 0) is 53.1 Å². The van der Waals surface area contributed by atoms with Gasteiger partial charge in [-0.25, -0.2) is 0 Å². The molecular weight excluding hydrogens is 448 g/mol. The van der Waals surface area contributed by atoms with Crippen LogP contribution in [0.1, 0.15) is 5.56 Å². The van der Waals surface area contributed by atoms with Crippen molar-refractivity contribution >= 4 is 38.8 Å². The highest BCUT2D eigenvalue weighted by atomic mass is 15.2. The Morgan fingerprint density at radius 2 is 1.32 bits per heavy atom. The van der Waals surface area contributed by atoms with Gasteiger partial charge in [0.1, 0.15) is 0 Å². The minimum atomic E-state index is 0.219. The molecule has 1 aromatic heterocycles. The van der Waals surface area contributed by atoms with Gasteiger partial charge in [0.2, 0.25) is 0 Å². The molecule has 1 aliphatic heterocycles. The van der Waals surface area contributed by atoms with Crippen molar-refractivity contribution in [1.29, 1.82) is 0 Å². The predicted molar refractivity (Wildman–Crippen MR) is 156 cm³/mol. The second kappa shape index (κ2) is 7.84. The third-order valence-electron chi connectivity index (χ3n) is 7.79. The van der Waals surface area contributed by atoms with E-state index in [0.29, 0.717) is 0 Å². The van der Waals surface area contributed by atoms with Gasteiger partial charge in [-0.3, -0.25) is 0 Å². The number of rotatable bonds is 3. The summed E-state index contributed by atoms with van der Waals surface area (Å²) in [5.74, 6) is 0. The molecular formula is C35H24N2. The fourth-order valence-corrected chi connectivity index (χ4v) is 6.20. The minimum Gasteiger partial charge on any atom is -0.328 e. The normalized spacial score (nSPS) is 15.8. The summed E-state index contributed by atoms with van der Waals surface area (Å²) < 4.78 is 2.46. The number of anilines is 2. The number of fused-ring (bicyclic) bond motifs is 6. The van der Waals surface area contributed by atoms with Crippen molar-refractivity contribution in [2.24, 2.45) is 0 Å². The molecule has 174 valence electrons. The molecule has 0 N–H and O–H groups in total. The molecule has 0 amide bonds. The minimum absolute atomic E-state index is 0.219. The van der Waals surface area contributed by atoms with E-state index in [2.05, 4.69) is 149 Å². The number of benzene rings is 5. The number of para-hydroxylation sites is 3. The Morgan fingerprint density at radius 1 is 0.568 bits per heavy atom. The molecule has 0 saturated carbocycles. The molecule has 8 rings (SSSR count). The van der Waals surface area contributed by atoms with E-state index in [1.165, 1.54) is 61.1 Å². The summed E-state index contributed by atoms with van der Waals surface area (Å²) in [6.45, 7) is 0. The van der Waals surface area contributed by atoms with E-state index in [4.69, 9.17) is 0 Å². The molecule has 2 heterocycles. The van der Waals surface area contributed by atoms with Crippen molar-refractivity contribution in [1.82, 2.24) is 4.57 Å². The van der Waals surface area contributed by atoms with Gasteiger partial charge in [0.25, 0.3) is 0 Å². The zero-order valence-electron chi connectivity index (χ0n) is 20.3. The van der Waals surface area contributed by atoms with Crippen molar-refractivity contribution in [3.63, 3.8) is 0 Å². The van der Waals surface area contributed by atoms with Crippen molar-refractivity contribution in [3.05, 3.63) is 145 Å². The summed E-state index contributed by atoms with van der Waals surface area (Å²) in [4.78, 5) is 2.50. The van der Waals surface area contributed by atoms with Crippen molar-refractivity contribution in [3.8, 4) is 16.8 Å². The van der Waals surface area contributed by atoms with Crippen LogP contribution in [0.3, 0.4) is 0 Å². The van der Waals surface area contributed by atoms with Crippen LogP contribution in [0.5, 0.6) is 0 Å². The Bertz CT molecular complexity index is 1870. The van der Waals surface area contributed by atoms with E-state index in [1.54, 1.807) is 0 Å². The summed E-state index contributed by atoms with van der Waals surface area (Å²) in [6.07, 6.45) is 6.77. The van der Waals surface area contributed by atoms with Gasteiger partial charge in [-0.2, -0.15) is 0 Å². The van der Waals surface area contributed by atoms with Crippen LogP contribution in [0.4, 0.5) is 11.4 Å². The van der Waals surface area contributed by atoms with Gasteiger partial charge in [0.05, 0.1) is 28.5 Å². The largest absolute Gasteiger partial charge is 0.328 e. The summed E-state index contributed by atoms with van der Waals surface area (Å²) >= 11 is 0. The van der Waals surface area contributed by atoms with Gasteiger partial charge in [-0.15, -0.1) is 0 Å². The van der Waals surface area contributed by atoms with Gasteiger partial charge < -0.3 is 9.47 Å². The first-order valence-electron chi connectivity index (χ1n) is 12.8. The number of nitrogens with zero attached hydrogens (tertiary/aromatic N) is 2. The van der Waals surface area contributed by atoms with Gasteiger partial charge in [0.15, 0.2) is 0 Å². The van der Waals surface area contributed by atoms with E-state index < -0.39 is 0 Å². The summed E-state index contributed by atoms with van der Waals surface area (Å²) in [7, 11) is 0. The fraction of sp³-hybridized carbons (Fsp3) is 0.0286. The first kappa shape index (κ1) is 20.4. The summed E-state index contributed by atoms with van der Waals surface area (Å²) in [6, 6.07) is 44.1. The van der Waals surface area contributed by atoms with Crippen LogP contribution in [0.2, 0.25) is 0 Å². The molecule has 0 radical (unpaired) electrons. The Hall–Kier alpha value is -4.82. The molecule has 0 fully saturated rings. The summed E-state index contributed by atoms with van der Waals surface area (Å²) in [5, 5.41) is 2.55. The van der Waals surface area contributed by atoms with Gasteiger partial charge in [0, 0.05) is 22.0 Å². The first-order chi connectivity index (χ1) is 18.4. The third-order valence-corrected chi connectivity index (χ3v) is 7.79. The lowest BCUT2D eigenvalue weighted by Gasteiger charge is -2.27. The fourth-order valence-electron chi connectivity index (χ4n) is 6.20. The first-order valence-corrected chi connectivity index (χ1v) is 12.8. The lowest BCUT2D eigenvalue weighted by atomic mass is 10.0. The quantitative estimate of drug-likeness (QED) is 0.250. The standard InChI is InChI=1S/C35H24N2/c1-3-11-24(12-4-1)25-21-22-33-30(23-25)28-15-7-8-18-32(28)37(33)34-20-10-17-29-27-16-9-19-31(27)36(35(29)34)26-13-5-2-6-14-26/h1-23,31H. The van der Waals surface area contributed by atoms with Gasteiger partial charge >= 0.3 is 0 Å². The lowest BCUT2D eigenvalue weighted by Crippen LogP contribution is -2.24. The third kappa shape index (κ3) is 2.93. The Kier molecular flexibility index (Phi) is 4.32. The summed E-state index contributed by atoms with van der Waals surface area (Å²) in [5.41, 5.74) is 11.3. The van der Waals surface area contributed by atoms with E-state index in [1.807, 2.05) is 0 Å². The molecule has 1 unspecified atom stereocenters. The number of aromatic nitrogens is 1. The maximum Gasteiger partial charge on any atom is 0.0786 e. The molecule has 0 saturated heterocycles. The van der Waals surface area contributed by atoms with E-state index in [-0.39, 0.29) is 6.04 Å². The molecule has 6 aromatic rings. The SMILES string of the molecule is C1=CC2C(=C1)c1cccc(-n3c4ccccc4c4cc(-c5ccccc5)ccc43)c1N2c1ccccc1. The second-order valence-corrected chi connectivity index (χ2v) is 9.78. The van der Waals surface area contributed by atoms with Crippen LogP contribution in [0.25, 0.3) is 44.2 Å². The van der Waals surface area contributed by atoms with Crippen molar-refractivity contribution < 1.29 is 0 Å². The highest BCUT2D eigenvalue weighted by Gasteiger charge is 2.37. The topological polar surface area (TPSA) is 8.17 Å². The Morgan fingerprint density at radius 3 is 2.19 bits per heavy atom. The van der Waals surface area contributed by atoms with Crippen LogP contribution >= 0.6 is 0 Å². The Labute approximate surface area is 216 Å². The highest BCUT2D eigenvalue weighted by molar-refractivity contribution is 6.11. The van der Waals surface area contributed by atoms with Crippen LogP contribution in [-0.4, -0.2) is 10.6 Å². The van der Waals surface area contributed by atoms with Crippen molar-refractivity contribution in [2.75, 3.05) is 4.90 Å². The van der Waals surface area contributed by atoms with Crippen LogP contribution in [-0.2, 0) is 0 Å². The van der Waals surface area contributed by atoms with Gasteiger partial charge in [-0.1, -0.05) is 103 Å². The number of hydrogen-bond acceptors (Lipinski definition) is 1. The molecule has 1 aliphatic carbocycles. The Balaban J connectivity index is 1.43. The molecule has 0 spiro atoms.